The van der Waals surface area contributed by atoms with Crippen LogP contribution in [0.2, 0.25) is 0 Å². The van der Waals surface area contributed by atoms with Crippen molar-refractivity contribution in [3.63, 3.8) is 0 Å². The SMILES string of the molecule is CC(C)CONS(=O)(=O)c1cccc(F)c1C#N. The minimum atomic E-state index is -4.06. The van der Waals surface area contributed by atoms with Gasteiger partial charge in [0, 0.05) is 0 Å². The van der Waals surface area contributed by atoms with Crippen LogP contribution < -0.4 is 4.89 Å². The van der Waals surface area contributed by atoms with Gasteiger partial charge in [0.25, 0.3) is 10.0 Å². The first kappa shape index (κ1) is 14.6. The summed E-state index contributed by atoms with van der Waals surface area (Å²) in [6.45, 7) is 3.87. The summed E-state index contributed by atoms with van der Waals surface area (Å²) in [6.07, 6.45) is 0. The minimum absolute atomic E-state index is 0.135. The Bertz CT molecular complexity index is 564. The van der Waals surface area contributed by atoms with Crippen LogP contribution in [0.5, 0.6) is 0 Å². The number of nitriles is 1. The quantitative estimate of drug-likeness (QED) is 0.825. The Balaban J connectivity index is 3.00. The minimum Gasteiger partial charge on any atom is -0.287 e. The number of benzene rings is 1. The molecule has 1 N–H and O–H groups in total. The molecule has 98 valence electrons. The molecule has 7 heteroatoms. The third-order valence-electron chi connectivity index (χ3n) is 1.96. The molecule has 0 unspecified atom stereocenters. The summed E-state index contributed by atoms with van der Waals surface area (Å²) in [7, 11) is -4.06. The van der Waals surface area contributed by atoms with Crippen molar-refractivity contribution in [2.45, 2.75) is 18.7 Å². The molecule has 0 saturated carbocycles. The van der Waals surface area contributed by atoms with Gasteiger partial charge in [-0.05, 0) is 18.1 Å². The van der Waals surface area contributed by atoms with E-state index in [4.69, 9.17) is 10.1 Å². The zero-order chi connectivity index (χ0) is 13.8. The number of nitrogens with zero attached hydrogens (tertiary/aromatic N) is 1. The molecule has 1 aromatic rings. The third kappa shape index (κ3) is 3.50. The highest BCUT2D eigenvalue weighted by molar-refractivity contribution is 7.89. The van der Waals surface area contributed by atoms with Gasteiger partial charge < -0.3 is 0 Å². The van der Waals surface area contributed by atoms with Crippen LogP contribution in [0, 0.1) is 23.1 Å². The largest absolute Gasteiger partial charge is 0.287 e. The lowest BCUT2D eigenvalue weighted by atomic mass is 10.2. The van der Waals surface area contributed by atoms with E-state index in [9.17, 15) is 12.8 Å². The van der Waals surface area contributed by atoms with Crippen molar-refractivity contribution in [2.24, 2.45) is 5.92 Å². The second kappa shape index (κ2) is 5.91. The smallest absolute Gasteiger partial charge is 0.263 e. The molecule has 0 radical (unpaired) electrons. The first-order valence-corrected chi connectivity index (χ1v) is 6.69. The van der Waals surface area contributed by atoms with Crippen molar-refractivity contribution in [2.75, 3.05) is 6.61 Å². The molecule has 0 saturated heterocycles. The molecule has 0 fully saturated rings. The molecule has 0 amide bonds. The molecule has 5 nitrogen and oxygen atoms in total. The van der Waals surface area contributed by atoms with Gasteiger partial charge in [0.15, 0.2) is 0 Å². The van der Waals surface area contributed by atoms with E-state index in [1.165, 1.54) is 12.1 Å². The molecule has 0 atom stereocenters. The number of halogens is 1. The summed E-state index contributed by atoms with van der Waals surface area (Å²) in [5, 5.41) is 8.75. The summed E-state index contributed by atoms with van der Waals surface area (Å²) >= 11 is 0. The highest BCUT2D eigenvalue weighted by atomic mass is 32.2. The Labute approximate surface area is 105 Å². The second-order valence-corrected chi connectivity index (χ2v) is 5.63. The summed E-state index contributed by atoms with van der Waals surface area (Å²) in [5.74, 6) is -0.750. The van der Waals surface area contributed by atoms with E-state index in [-0.39, 0.29) is 12.5 Å². The van der Waals surface area contributed by atoms with Crippen LogP contribution in [0.1, 0.15) is 19.4 Å². The number of sulfonamides is 1. The van der Waals surface area contributed by atoms with Crippen molar-refractivity contribution in [1.29, 1.82) is 5.26 Å². The first-order chi connectivity index (χ1) is 8.38. The molecule has 0 aliphatic rings. The van der Waals surface area contributed by atoms with Crippen molar-refractivity contribution >= 4 is 10.0 Å². The number of nitrogens with one attached hydrogen (secondary N) is 1. The molecule has 0 aromatic heterocycles. The van der Waals surface area contributed by atoms with Gasteiger partial charge in [0.1, 0.15) is 22.3 Å². The maximum absolute atomic E-state index is 13.3. The highest BCUT2D eigenvalue weighted by Crippen LogP contribution is 2.17. The van der Waals surface area contributed by atoms with E-state index in [0.717, 1.165) is 12.1 Å². The van der Waals surface area contributed by atoms with Crippen LogP contribution in [-0.4, -0.2) is 15.0 Å². The fraction of sp³-hybridized carbons (Fsp3) is 0.364. The van der Waals surface area contributed by atoms with Crippen molar-refractivity contribution in [1.82, 2.24) is 4.89 Å². The first-order valence-electron chi connectivity index (χ1n) is 5.20. The van der Waals surface area contributed by atoms with E-state index >= 15 is 0 Å². The van der Waals surface area contributed by atoms with Gasteiger partial charge in [-0.2, -0.15) is 5.26 Å². The van der Waals surface area contributed by atoms with E-state index in [2.05, 4.69) is 0 Å². The zero-order valence-electron chi connectivity index (χ0n) is 9.97. The molecule has 0 aliphatic heterocycles. The van der Waals surface area contributed by atoms with Crippen molar-refractivity contribution in [3.05, 3.63) is 29.6 Å². The normalized spacial score (nSPS) is 11.5. The summed E-state index contributed by atoms with van der Waals surface area (Å²) < 4.78 is 36.9. The maximum atomic E-state index is 13.3. The van der Waals surface area contributed by atoms with Crippen LogP contribution >= 0.6 is 0 Å². The molecule has 0 bridgehead atoms. The topological polar surface area (TPSA) is 79.2 Å². The van der Waals surface area contributed by atoms with Gasteiger partial charge in [-0.15, -0.1) is 0 Å². The fourth-order valence-corrected chi connectivity index (χ4v) is 2.14. The fourth-order valence-electron chi connectivity index (χ4n) is 1.16. The van der Waals surface area contributed by atoms with Crippen LogP contribution in [0.3, 0.4) is 0 Å². The molecule has 0 heterocycles. The zero-order valence-corrected chi connectivity index (χ0v) is 10.8. The number of hydrogen-bond donors (Lipinski definition) is 1. The molecule has 1 rings (SSSR count). The van der Waals surface area contributed by atoms with Crippen molar-refractivity contribution in [3.8, 4) is 6.07 Å². The van der Waals surface area contributed by atoms with E-state index in [1.54, 1.807) is 0 Å². The Morgan fingerprint density at radius 2 is 2.17 bits per heavy atom. The van der Waals surface area contributed by atoms with E-state index in [0.29, 0.717) is 0 Å². The summed E-state index contributed by atoms with van der Waals surface area (Å²) in [6, 6.07) is 4.90. The Morgan fingerprint density at radius 1 is 1.50 bits per heavy atom. The van der Waals surface area contributed by atoms with Gasteiger partial charge >= 0.3 is 0 Å². The Kier molecular flexibility index (Phi) is 4.78. The van der Waals surface area contributed by atoms with Crippen LogP contribution in [0.25, 0.3) is 0 Å². The molecular weight excluding hydrogens is 259 g/mol. The average Bonchev–Trinajstić information content (AvgIpc) is 2.27. The third-order valence-corrected chi connectivity index (χ3v) is 3.22. The summed E-state index contributed by atoms with van der Waals surface area (Å²) in [5.41, 5.74) is -0.529. The predicted octanol–water partition coefficient (Wildman–Crippen LogP) is 1.56. The van der Waals surface area contributed by atoms with E-state index < -0.39 is 26.3 Å². The lowest BCUT2D eigenvalue weighted by molar-refractivity contribution is 0.0718. The van der Waals surface area contributed by atoms with Gasteiger partial charge in [-0.3, -0.25) is 4.84 Å². The average molecular weight is 272 g/mol. The van der Waals surface area contributed by atoms with Crippen LogP contribution in [0.4, 0.5) is 4.39 Å². The van der Waals surface area contributed by atoms with Gasteiger partial charge in [-0.1, -0.05) is 24.8 Å². The number of rotatable bonds is 5. The molecular formula is C11H13FN2O3S. The van der Waals surface area contributed by atoms with Crippen LogP contribution in [0.15, 0.2) is 23.1 Å². The lowest BCUT2D eigenvalue weighted by Gasteiger charge is -2.10. The van der Waals surface area contributed by atoms with E-state index in [1.807, 2.05) is 18.7 Å². The lowest BCUT2D eigenvalue weighted by Crippen LogP contribution is -2.26. The monoisotopic (exact) mass is 272 g/mol. The molecule has 18 heavy (non-hydrogen) atoms. The maximum Gasteiger partial charge on any atom is 0.263 e. The van der Waals surface area contributed by atoms with Crippen LogP contribution in [-0.2, 0) is 14.9 Å². The Hall–Kier alpha value is -1.49. The molecule has 0 spiro atoms. The molecule has 1 aromatic carbocycles. The molecule has 0 aliphatic carbocycles. The summed E-state index contributed by atoms with van der Waals surface area (Å²) in [4.78, 5) is 6.21. The standard InChI is InChI=1S/C11H13FN2O3S/c1-8(2)7-17-14-18(15,16)11-5-3-4-10(12)9(11)6-13/h3-5,8,14H,7H2,1-2H3. The predicted molar refractivity (Wildman–Crippen MR) is 62.2 cm³/mol. The Morgan fingerprint density at radius 3 is 2.72 bits per heavy atom. The second-order valence-electron chi connectivity index (χ2n) is 4.02. The van der Waals surface area contributed by atoms with Crippen molar-refractivity contribution < 1.29 is 17.6 Å². The number of hydrogen-bond acceptors (Lipinski definition) is 4. The van der Waals surface area contributed by atoms with Gasteiger partial charge in [0.05, 0.1) is 6.61 Å². The van der Waals surface area contributed by atoms with Gasteiger partial charge in [-0.25, -0.2) is 12.8 Å². The van der Waals surface area contributed by atoms with Gasteiger partial charge in [0.2, 0.25) is 0 Å². The highest BCUT2D eigenvalue weighted by Gasteiger charge is 2.21.